The maximum absolute atomic E-state index is 9.63. The van der Waals surface area contributed by atoms with Gasteiger partial charge in [0.05, 0.1) is 6.10 Å². The van der Waals surface area contributed by atoms with Crippen LogP contribution in [0.15, 0.2) is 18.3 Å². The van der Waals surface area contributed by atoms with Crippen molar-refractivity contribution in [3.63, 3.8) is 0 Å². The zero-order valence-corrected chi connectivity index (χ0v) is 11.5. The smallest absolute Gasteiger partial charge is 0.128 e. The predicted octanol–water partition coefficient (Wildman–Crippen LogP) is 1.67. The number of hydrogen-bond donors (Lipinski definition) is 1. The molecule has 1 aromatic heterocycles. The molecule has 0 aromatic carbocycles. The predicted molar refractivity (Wildman–Crippen MR) is 73.8 cm³/mol. The van der Waals surface area contributed by atoms with E-state index < -0.39 is 6.10 Å². The molecule has 1 saturated heterocycles. The summed E-state index contributed by atoms with van der Waals surface area (Å²) in [5.74, 6) is 0.953. The standard InChI is InChI=1S/C14H23N3O/c1-11(18)12-6-7-15-14(9-12)17(3)13-5-4-8-16(2)10-13/h6-7,9,11,13,18H,4-5,8,10H2,1-3H3. The van der Waals surface area contributed by atoms with Crippen LogP contribution in [0.3, 0.4) is 0 Å². The lowest BCUT2D eigenvalue weighted by molar-refractivity contribution is 0.199. The number of aliphatic hydroxyl groups excluding tert-OH is 1. The lowest BCUT2D eigenvalue weighted by atomic mass is 10.0. The summed E-state index contributed by atoms with van der Waals surface area (Å²) in [5, 5.41) is 9.63. The molecule has 100 valence electrons. The van der Waals surface area contributed by atoms with Crippen LogP contribution in [0, 0.1) is 0 Å². The fourth-order valence-corrected chi connectivity index (χ4v) is 2.53. The molecule has 1 N–H and O–H groups in total. The zero-order valence-electron chi connectivity index (χ0n) is 11.5. The van der Waals surface area contributed by atoms with Gasteiger partial charge in [-0.15, -0.1) is 0 Å². The molecule has 1 aromatic rings. The number of anilines is 1. The fourth-order valence-electron chi connectivity index (χ4n) is 2.53. The molecule has 18 heavy (non-hydrogen) atoms. The van der Waals surface area contributed by atoms with Crippen LogP contribution in [0.1, 0.15) is 31.4 Å². The third-order valence-corrected chi connectivity index (χ3v) is 3.76. The molecule has 1 fully saturated rings. The van der Waals surface area contributed by atoms with Crippen LogP contribution in [-0.2, 0) is 0 Å². The van der Waals surface area contributed by atoms with Gasteiger partial charge in [-0.1, -0.05) is 0 Å². The molecule has 2 rings (SSSR count). The minimum Gasteiger partial charge on any atom is -0.389 e. The minimum absolute atomic E-state index is 0.436. The lowest BCUT2D eigenvalue weighted by Crippen LogP contribution is -2.45. The number of likely N-dealkylation sites (N-methyl/N-ethyl adjacent to an activating group) is 2. The van der Waals surface area contributed by atoms with Crippen molar-refractivity contribution < 1.29 is 5.11 Å². The highest BCUT2D eigenvalue weighted by Gasteiger charge is 2.22. The Bertz CT molecular complexity index is 394. The van der Waals surface area contributed by atoms with Gasteiger partial charge in [0.25, 0.3) is 0 Å². The van der Waals surface area contributed by atoms with Gasteiger partial charge in [-0.2, -0.15) is 0 Å². The van der Waals surface area contributed by atoms with Gasteiger partial charge in [0, 0.05) is 25.8 Å². The molecule has 4 heteroatoms. The second-order valence-corrected chi connectivity index (χ2v) is 5.29. The van der Waals surface area contributed by atoms with Crippen molar-refractivity contribution in [2.24, 2.45) is 0 Å². The molecule has 2 heterocycles. The highest BCUT2D eigenvalue weighted by atomic mass is 16.3. The van der Waals surface area contributed by atoms with E-state index in [9.17, 15) is 5.11 Å². The Morgan fingerprint density at radius 3 is 3.00 bits per heavy atom. The third kappa shape index (κ3) is 3.00. The maximum Gasteiger partial charge on any atom is 0.128 e. The average molecular weight is 249 g/mol. The Morgan fingerprint density at radius 1 is 1.56 bits per heavy atom. The third-order valence-electron chi connectivity index (χ3n) is 3.76. The van der Waals surface area contributed by atoms with Crippen molar-refractivity contribution in [2.45, 2.75) is 31.9 Å². The summed E-state index contributed by atoms with van der Waals surface area (Å²) < 4.78 is 0. The van der Waals surface area contributed by atoms with Crippen LogP contribution in [0.2, 0.25) is 0 Å². The number of nitrogens with zero attached hydrogens (tertiary/aromatic N) is 3. The first-order valence-electron chi connectivity index (χ1n) is 6.63. The number of hydrogen-bond acceptors (Lipinski definition) is 4. The fraction of sp³-hybridized carbons (Fsp3) is 0.643. The van der Waals surface area contributed by atoms with Crippen molar-refractivity contribution in [2.75, 3.05) is 32.1 Å². The molecule has 1 aliphatic rings. The summed E-state index contributed by atoms with van der Waals surface area (Å²) in [6, 6.07) is 4.37. The molecule has 2 unspecified atom stereocenters. The van der Waals surface area contributed by atoms with Gasteiger partial charge in [0.2, 0.25) is 0 Å². The van der Waals surface area contributed by atoms with Crippen LogP contribution < -0.4 is 4.90 Å². The van der Waals surface area contributed by atoms with Crippen molar-refractivity contribution in [3.05, 3.63) is 23.9 Å². The molecule has 0 saturated carbocycles. The van der Waals surface area contributed by atoms with Crippen LogP contribution in [0.5, 0.6) is 0 Å². The van der Waals surface area contributed by atoms with E-state index in [2.05, 4.69) is 28.9 Å². The first kappa shape index (κ1) is 13.3. The van der Waals surface area contributed by atoms with Gasteiger partial charge < -0.3 is 14.9 Å². The van der Waals surface area contributed by atoms with E-state index in [0.29, 0.717) is 6.04 Å². The summed E-state index contributed by atoms with van der Waals surface area (Å²) in [4.78, 5) is 9.02. The highest BCUT2D eigenvalue weighted by molar-refractivity contribution is 5.42. The van der Waals surface area contributed by atoms with Crippen molar-refractivity contribution in [1.82, 2.24) is 9.88 Å². The molecule has 4 nitrogen and oxygen atoms in total. The first-order valence-corrected chi connectivity index (χ1v) is 6.63. The van der Waals surface area contributed by atoms with Gasteiger partial charge in [-0.05, 0) is 51.1 Å². The van der Waals surface area contributed by atoms with Crippen molar-refractivity contribution in [3.8, 4) is 0 Å². The van der Waals surface area contributed by atoms with Crippen LogP contribution in [-0.4, -0.2) is 48.2 Å². The van der Waals surface area contributed by atoms with E-state index in [-0.39, 0.29) is 0 Å². The average Bonchev–Trinajstić information content (AvgIpc) is 2.38. The number of pyridine rings is 1. The van der Waals surface area contributed by atoms with Gasteiger partial charge in [0.15, 0.2) is 0 Å². The highest BCUT2D eigenvalue weighted by Crippen LogP contribution is 2.22. The second kappa shape index (κ2) is 5.67. The number of aliphatic hydroxyl groups is 1. The van der Waals surface area contributed by atoms with E-state index in [4.69, 9.17) is 0 Å². The summed E-state index contributed by atoms with van der Waals surface area (Å²) >= 11 is 0. The molecule has 0 radical (unpaired) electrons. The zero-order chi connectivity index (χ0) is 13.1. The Balaban J connectivity index is 2.12. The van der Waals surface area contributed by atoms with E-state index in [1.54, 1.807) is 13.1 Å². The molecule has 1 aliphatic heterocycles. The van der Waals surface area contributed by atoms with Gasteiger partial charge >= 0.3 is 0 Å². The van der Waals surface area contributed by atoms with Crippen molar-refractivity contribution in [1.29, 1.82) is 0 Å². The molecule has 2 atom stereocenters. The minimum atomic E-state index is -0.436. The molecule has 0 spiro atoms. The Kier molecular flexibility index (Phi) is 4.19. The number of aromatic nitrogens is 1. The van der Waals surface area contributed by atoms with Crippen LogP contribution in [0.4, 0.5) is 5.82 Å². The Hall–Kier alpha value is -1.13. The summed E-state index contributed by atoms with van der Waals surface area (Å²) in [6.45, 7) is 4.05. The molecular formula is C14H23N3O. The summed E-state index contributed by atoms with van der Waals surface area (Å²) in [5.41, 5.74) is 0.927. The lowest BCUT2D eigenvalue weighted by Gasteiger charge is -2.36. The van der Waals surface area contributed by atoms with Crippen LogP contribution in [0.25, 0.3) is 0 Å². The van der Waals surface area contributed by atoms with Gasteiger partial charge in [-0.3, -0.25) is 0 Å². The Labute approximate surface area is 109 Å². The quantitative estimate of drug-likeness (QED) is 0.884. The first-order chi connectivity index (χ1) is 8.58. The van der Waals surface area contributed by atoms with Crippen molar-refractivity contribution >= 4 is 5.82 Å². The van der Waals surface area contributed by atoms with Gasteiger partial charge in [0.1, 0.15) is 5.82 Å². The normalized spacial score (nSPS) is 22.8. The Morgan fingerprint density at radius 2 is 2.33 bits per heavy atom. The summed E-state index contributed by atoms with van der Waals surface area (Å²) in [7, 11) is 4.26. The van der Waals surface area contributed by atoms with E-state index in [0.717, 1.165) is 17.9 Å². The van der Waals surface area contributed by atoms with Gasteiger partial charge in [-0.25, -0.2) is 4.98 Å². The number of likely N-dealkylation sites (tertiary alicyclic amines) is 1. The SMILES string of the molecule is CC(O)c1ccnc(N(C)C2CCCN(C)C2)c1. The van der Waals surface area contributed by atoms with E-state index >= 15 is 0 Å². The second-order valence-electron chi connectivity index (χ2n) is 5.29. The van der Waals surface area contributed by atoms with Crippen LogP contribution >= 0.6 is 0 Å². The molecule has 0 bridgehead atoms. The monoisotopic (exact) mass is 249 g/mol. The van der Waals surface area contributed by atoms with E-state index in [1.165, 1.54) is 19.4 Å². The molecular weight excluding hydrogens is 226 g/mol. The molecule has 0 amide bonds. The maximum atomic E-state index is 9.63. The van der Waals surface area contributed by atoms with E-state index in [1.807, 2.05) is 12.1 Å². The summed E-state index contributed by atoms with van der Waals surface area (Å²) in [6.07, 6.45) is 3.79. The molecule has 0 aliphatic carbocycles. The number of rotatable bonds is 3. The number of piperidine rings is 1. The largest absolute Gasteiger partial charge is 0.389 e. The topological polar surface area (TPSA) is 39.6 Å².